The molecule has 0 aromatic heterocycles. The van der Waals surface area contributed by atoms with E-state index >= 15 is 0 Å². The van der Waals surface area contributed by atoms with Crippen LogP contribution in [0.15, 0.2) is 24.3 Å². The average molecular weight is 179 g/mol. The first-order chi connectivity index (χ1) is 6.42. The summed E-state index contributed by atoms with van der Waals surface area (Å²) in [6.07, 6.45) is 0.949. The zero-order valence-electron chi connectivity index (χ0n) is 7.62. The largest absolute Gasteiger partial charge is 0.493 e. The standard InChI is InChI=1S/C10H13NO2/c1-12-11-9-6-7-13-10-5-3-2-4-8(9)10/h2-5,9,11H,6-7H2,1H3. The lowest BCUT2D eigenvalue weighted by Crippen LogP contribution is -2.26. The van der Waals surface area contributed by atoms with Crippen LogP contribution in [0.25, 0.3) is 0 Å². The molecule has 70 valence electrons. The lowest BCUT2D eigenvalue weighted by atomic mass is 10.0. The third-order valence-electron chi connectivity index (χ3n) is 2.22. The van der Waals surface area contributed by atoms with Gasteiger partial charge in [0.1, 0.15) is 5.75 Å². The SMILES string of the molecule is CONC1CCOc2ccccc21. The first-order valence-corrected chi connectivity index (χ1v) is 4.42. The van der Waals surface area contributed by atoms with Crippen LogP contribution in [0.1, 0.15) is 18.0 Å². The maximum Gasteiger partial charge on any atom is 0.124 e. The van der Waals surface area contributed by atoms with E-state index in [0.717, 1.165) is 18.8 Å². The number of nitrogens with one attached hydrogen (secondary N) is 1. The predicted octanol–water partition coefficient (Wildman–Crippen LogP) is 1.66. The molecule has 0 fully saturated rings. The van der Waals surface area contributed by atoms with Crippen molar-refractivity contribution in [3.8, 4) is 5.75 Å². The van der Waals surface area contributed by atoms with Crippen molar-refractivity contribution in [2.45, 2.75) is 12.5 Å². The van der Waals surface area contributed by atoms with Crippen molar-refractivity contribution in [2.24, 2.45) is 0 Å². The minimum absolute atomic E-state index is 0.259. The Kier molecular flexibility index (Phi) is 2.47. The molecule has 1 unspecified atom stereocenters. The van der Waals surface area contributed by atoms with Crippen LogP contribution in [0, 0.1) is 0 Å². The summed E-state index contributed by atoms with van der Waals surface area (Å²) in [5.74, 6) is 0.961. The number of hydrogen-bond acceptors (Lipinski definition) is 3. The maximum atomic E-state index is 5.50. The second kappa shape index (κ2) is 3.77. The molecule has 3 nitrogen and oxygen atoms in total. The summed E-state index contributed by atoms with van der Waals surface area (Å²) in [7, 11) is 1.64. The second-order valence-corrected chi connectivity index (χ2v) is 3.05. The van der Waals surface area contributed by atoms with Gasteiger partial charge in [-0.1, -0.05) is 18.2 Å². The van der Waals surface area contributed by atoms with E-state index in [1.54, 1.807) is 7.11 Å². The number of benzene rings is 1. The summed E-state index contributed by atoms with van der Waals surface area (Å²) in [5, 5.41) is 0. The molecule has 0 aliphatic carbocycles. The number of ether oxygens (including phenoxy) is 1. The highest BCUT2D eigenvalue weighted by atomic mass is 16.6. The molecule has 0 saturated heterocycles. The number of fused-ring (bicyclic) bond motifs is 1. The highest BCUT2D eigenvalue weighted by molar-refractivity contribution is 5.37. The van der Waals surface area contributed by atoms with E-state index in [0.29, 0.717) is 0 Å². The minimum atomic E-state index is 0.259. The fourth-order valence-corrected chi connectivity index (χ4v) is 1.61. The van der Waals surface area contributed by atoms with Gasteiger partial charge in [-0.3, -0.25) is 0 Å². The lowest BCUT2D eigenvalue weighted by Gasteiger charge is -2.25. The van der Waals surface area contributed by atoms with Crippen LogP contribution < -0.4 is 10.2 Å². The summed E-state index contributed by atoms with van der Waals surface area (Å²) < 4.78 is 5.50. The Labute approximate surface area is 77.6 Å². The number of hydrogen-bond donors (Lipinski definition) is 1. The second-order valence-electron chi connectivity index (χ2n) is 3.05. The molecule has 0 spiro atoms. The molecule has 13 heavy (non-hydrogen) atoms. The van der Waals surface area contributed by atoms with Gasteiger partial charge < -0.3 is 9.57 Å². The van der Waals surface area contributed by atoms with Gasteiger partial charge in [0.25, 0.3) is 0 Å². The molecule has 0 bridgehead atoms. The molecule has 1 aromatic carbocycles. The summed E-state index contributed by atoms with van der Waals surface area (Å²) in [6, 6.07) is 8.30. The fraction of sp³-hybridized carbons (Fsp3) is 0.400. The van der Waals surface area contributed by atoms with Crippen molar-refractivity contribution < 1.29 is 9.57 Å². The Morgan fingerprint density at radius 2 is 2.31 bits per heavy atom. The smallest absolute Gasteiger partial charge is 0.124 e. The van der Waals surface area contributed by atoms with Crippen molar-refractivity contribution in [2.75, 3.05) is 13.7 Å². The molecule has 1 aromatic rings. The highest BCUT2D eigenvalue weighted by Gasteiger charge is 2.20. The first-order valence-electron chi connectivity index (χ1n) is 4.42. The van der Waals surface area contributed by atoms with Gasteiger partial charge in [0.05, 0.1) is 19.8 Å². The molecule has 0 amide bonds. The van der Waals surface area contributed by atoms with Gasteiger partial charge in [-0.15, -0.1) is 0 Å². The molecule has 0 saturated carbocycles. The monoisotopic (exact) mass is 179 g/mol. The molecule has 3 heteroatoms. The predicted molar refractivity (Wildman–Crippen MR) is 49.4 cm³/mol. The summed E-state index contributed by atoms with van der Waals surface area (Å²) in [5.41, 5.74) is 4.14. The molecule has 1 N–H and O–H groups in total. The van der Waals surface area contributed by atoms with Crippen molar-refractivity contribution >= 4 is 0 Å². The van der Waals surface area contributed by atoms with E-state index < -0.39 is 0 Å². The van der Waals surface area contributed by atoms with Gasteiger partial charge in [-0.2, -0.15) is 5.48 Å². The van der Waals surface area contributed by atoms with Crippen molar-refractivity contribution in [1.29, 1.82) is 0 Å². The van der Waals surface area contributed by atoms with E-state index in [1.165, 1.54) is 5.56 Å². The first kappa shape index (κ1) is 8.53. The highest BCUT2D eigenvalue weighted by Crippen LogP contribution is 2.31. The Morgan fingerprint density at radius 1 is 1.46 bits per heavy atom. The third-order valence-corrected chi connectivity index (χ3v) is 2.22. The van der Waals surface area contributed by atoms with Crippen molar-refractivity contribution in [3.05, 3.63) is 29.8 Å². The summed E-state index contributed by atoms with van der Waals surface area (Å²) >= 11 is 0. The molecule has 1 aliphatic rings. The zero-order chi connectivity index (χ0) is 9.10. The quantitative estimate of drug-likeness (QED) is 0.700. The van der Waals surface area contributed by atoms with Crippen LogP contribution in [0.4, 0.5) is 0 Å². The number of hydroxylamine groups is 1. The Hall–Kier alpha value is -1.06. The number of rotatable bonds is 2. The van der Waals surface area contributed by atoms with Crippen LogP contribution in [0.5, 0.6) is 5.75 Å². The molecule has 1 aliphatic heterocycles. The van der Waals surface area contributed by atoms with Gasteiger partial charge >= 0.3 is 0 Å². The topological polar surface area (TPSA) is 30.5 Å². The summed E-state index contributed by atoms with van der Waals surface area (Å²) in [6.45, 7) is 0.748. The average Bonchev–Trinajstić information content (AvgIpc) is 2.19. The Bertz CT molecular complexity index is 288. The van der Waals surface area contributed by atoms with E-state index in [1.807, 2.05) is 18.2 Å². The van der Waals surface area contributed by atoms with Crippen molar-refractivity contribution in [1.82, 2.24) is 5.48 Å². The van der Waals surface area contributed by atoms with Gasteiger partial charge in [0, 0.05) is 12.0 Å². The molecule has 2 rings (SSSR count). The summed E-state index contributed by atoms with van der Waals surface area (Å²) in [4.78, 5) is 4.93. The van der Waals surface area contributed by atoms with E-state index in [9.17, 15) is 0 Å². The molecule has 0 radical (unpaired) electrons. The normalized spacial score (nSPS) is 20.5. The van der Waals surface area contributed by atoms with Crippen LogP contribution in [-0.2, 0) is 4.84 Å². The van der Waals surface area contributed by atoms with Gasteiger partial charge in [-0.25, -0.2) is 0 Å². The van der Waals surface area contributed by atoms with Crippen LogP contribution >= 0.6 is 0 Å². The van der Waals surface area contributed by atoms with Gasteiger partial charge in [0.2, 0.25) is 0 Å². The molecular weight excluding hydrogens is 166 g/mol. The Balaban J connectivity index is 2.26. The molecular formula is C10H13NO2. The van der Waals surface area contributed by atoms with Crippen LogP contribution in [0.2, 0.25) is 0 Å². The van der Waals surface area contributed by atoms with Crippen molar-refractivity contribution in [3.63, 3.8) is 0 Å². The fourth-order valence-electron chi connectivity index (χ4n) is 1.61. The number of para-hydroxylation sites is 1. The van der Waals surface area contributed by atoms with Gasteiger partial charge in [-0.05, 0) is 6.07 Å². The lowest BCUT2D eigenvalue weighted by molar-refractivity contribution is 0.0463. The van der Waals surface area contributed by atoms with E-state index in [4.69, 9.17) is 9.57 Å². The zero-order valence-corrected chi connectivity index (χ0v) is 7.62. The van der Waals surface area contributed by atoms with E-state index in [2.05, 4.69) is 11.5 Å². The van der Waals surface area contributed by atoms with Crippen LogP contribution in [0.3, 0.4) is 0 Å². The third kappa shape index (κ3) is 1.66. The van der Waals surface area contributed by atoms with E-state index in [-0.39, 0.29) is 6.04 Å². The van der Waals surface area contributed by atoms with Crippen LogP contribution in [-0.4, -0.2) is 13.7 Å². The molecule has 1 heterocycles. The molecule has 1 atom stereocenters. The maximum absolute atomic E-state index is 5.50. The Morgan fingerprint density at radius 3 is 3.15 bits per heavy atom. The minimum Gasteiger partial charge on any atom is -0.493 e. The van der Waals surface area contributed by atoms with Gasteiger partial charge in [0.15, 0.2) is 0 Å².